The summed E-state index contributed by atoms with van der Waals surface area (Å²) in [6.45, 7) is 4.99. The zero-order chi connectivity index (χ0) is 19.5. The summed E-state index contributed by atoms with van der Waals surface area (Å²) in [4.78, 5) is 6.15. The third kappa shape index (κ3) is 3.92. The van der Waals surface area contributed by atoms with E-state index in [1.54, 1.807) is 12.4 Å². The maximum absolute atomic E-state index is 5.80. The molecule has 3 aromatic rings. The normalized spacial score (nSPS) is 11.9. The molecule has 5 nitrogen and oxygen atoms in total. The SMILES string of the molecule is Cc1ccc(C)c(NC(=S)N(Cc2ccncc2)c2ccc3c(c2)OCO3)c1. The van der Waals surface area contributed by atoms with Crippen molar-refractivity contribution in [1.29, 1.82) is 0 Å². The van der Waals surface area contributed by atoms with Crippen LogP contribution in [0.5, 0.6) is 11.5 Å². The molecule has 0 spiro atoms. The largest absolute Gasteiger partial charge is 0.454 e. The van der Waals surface area contributed by atoms with Crippen LogP contribution >= 0.6 is 12.2 Å². The van der Waals surface area contributed by atoms with Gasteiger partial charge in [0.1, 0.15) is 0 Å². The van der Waals surface area contributed by atoms with Gasteiger partial charge >= 0.3 is 0 Å². The summed E-state index contributed by atoms with van der Waals surface area (Å²) < 4.78 is 11.0. The van der Waals surface area contributed by atoms with E-state index >= 15 is 0 Å². The van der Waals surface area contributed by atoms with Crippen LogP contribution in [0.2, 0.25) is 0 Å². The van der Waals surface area contributed by atoms with Crippen LogP contribution in [-0.2, 0) is 6.54 Å². The number of thiocarbonyl (C=S) groups is 1. The molecule has 142 valence electrons. The van der Waals surface area contributed by atoms with Crippen LogP contribution in [0.4, 0.5) is 11.4 Å². The number of aromatic nitrogens is 1. The van der Waals surface area contributed by atoms with E-state index in [0.717, 1.165) is 34.0 Å². The van der Waals surface area contributed by atoms with Gasteiger partial charge in [0.25, 0.3) is 0 Å². The first-order valence-electron chi connectivity index (χ1n) is 9.04. The fourth-order valence-electron chi connectivity index (χ4n) is 3.06. The molecule has 0 unspecified atom stereocenters. The minimum atomic E-state index is 0.244. The fourth-order valence-corrected chi connectivity index (χ4v) is 3.34. The molecule has 1 N–H and O–H groups in total. The van der Waals surface area contributed by atoms with Crippen molar-refractivity contribution in [2.24, 2.45) is 0 Å². The second-order valence-corrected chi connectivity index (χ2v) is 7.11. The Labute approximate surface area is 169 Å². The number of hydrogen-bond donors (Lipinski definition) is 1. The number of ether oxygens (including phenoxy) is 2. The minimum Gasteiger partial charge on any atom is -0.454 e. The van der Waals surface area contributed by atoms with Gasteiger partial charge in [-0.15, -0.1) is 0 Å². The van der Waals surface area contributed by atoms with Crippen LogP contribution in [0.25, 0.3) is 0 Å². The van der Waals surface area contributed by atoms with Crippen molar-refractivity contribution in [2.75, 3.05) is 17.0 Å². The molecule has 6 heteroatoms. The highest BCUT2D eigenvalue weighted by Gasteiger charge is 2.19. The first-order chi connectivity index (χ1) is 13.6. The van der Waals surface area contributed by atoms with Crippen LogP contribution < -0.4 is 19.7 Å². The molecule has 1 aliphatic heterocycles. The highest BCUT2D eigenvalue weighted by atomic mass is 32.1. The maximum Gasteiger partial charge on any atom is 0.231 e. The van der Waals surface area contributed by atoms with Crippen LogP contribution in [-0.4, -0.2) is 16.9 Å². The van der Waals surface area contributed by atoms with Crippen LogP contribution in [0, 0.1) is 13.8 Å². The molecule has 0 aliphatic carbocycles. The molecule has 1 aliphatic rings. The van der Waals surface area contributed by atoms with Crippen LogP contribution in [0.15, 0.2) is 60.9 Å². The predicted molar refractivity (Wildman–Crippen MR) is 115 cm³/mol. The fraction of sp³-hybridized carbons (Fsp3) is 0.182. The van der Waals surface area contributed by atoms with Gasteiger partial charge < -0.3 is 19.7 Å². The Hall–Kier alpha value is -3.12. The van der Waals surface area contributed by atoms with Gasteiger partial charge in [0.2, 0.25) is 6.79 Å². The van der Waals surface area contributed by atoms with E-state index in [1.165, 1.54) is 5.56 Å². The van der Waals surface area contributed by atoms with E-state index in [1.807, 2.05) is 30.3 Å². The van der Waals surface area contributed by atoms with E-state index in [2.05, 4.69) is 47.2 Å². The van der Waals surface area contributed by atoms with Crippen LogP contribution in [0.1, 0.15) is 16.7 Å². The summed E-state index contributed by atoms with van der Waals surface area (Å²) in [6, 6.07) is 16.1. The Morgan fingerprint density at radius 3 is 2.64 bits per heavy atom. The Bertz CT molecular complexity index is 1010. The topological polar surface area (TPSA) is 46.6 Å². The number of nitrogens with zero attached hydrogens (tertiary/aromatic N) is 2. The molecule has 0 saturated carbocycles. The smallest absolute Gasteiger partial charge is 0.231 e. The van der Waals surface area contributed by atoms with Gasteiger partial charge in [-0.3, -0.25) is 4.98 Å². The van der Waals surface area contributed by atoms with Gasteiger partial charge in [-0.2, -0.15) is 0 Å². The van der Waals surface area contributed by atoms with Crippen molar-refractivity contribution in [2.45, 2.75) is 20.4 Å². The van der Waals surface area contributed by atoms with Gasteiger partial charge in [0.15, 0.2) is 16.6 Å². The van der Waals surface area contributed by atoms with Crippen LogP contribution in [0.3, 0.4) is 0 Å². The molecular weight excluding hydrogens is 370 g/mol. The number of pyridine rings is 1. The Morgan fingerprint density at radius 2 is 1.82 bits per heavy atom. The van der Waals surface area contributed by atoms with Crippen molar-refractivity contribution in [1.82, 2.24) is 4.98 Å². The molecule has 0 amide bonds. The lowest BCUT2D eigenvalue weighted by atomic mass is 10.1. The molecule has 0 bridgehead atoms. The second-order valence-electron chi connectivity index (χ2n) is 6.73. The summed E-state index contributed by atoms with van der Waals surface area (Å²) in [5.41, 5.74) is 5.37. The second kappa shape index (κ2) is 7.86. The zero-order valence-corrected chi connectivity index (χ0v) is 16.6. The quantitative estimate of drug-likeness (QED) is 0.643. The van der Waals surface area contributed by atoms with Crippen molar-refractivity contribution in [3.05, 3.63) is 77.6 Å². The van der Waals surface area contributed by atoms with E-state index in [9.17, 15) is 0 Å². The number of anilines is 2. The standard InChI is InChI=1S/C22H21N3O2S/c1-15-3-4-16(2)19(11-15)24-22(28)25(13-17-7-9-23-10-8-17)18-5-6-20-21(12-18)27-14-26-20/h3-12H,13-14H2,1-2H3,(H,24,28). The molecule has 2 aromatic carbocycles. The third-order valence-corrected chi connectivity index (χ3v) is 4.96. The summed E-state index contributed by atoms with van der Waals surface area (Å²) >= 11 is 5.80. The number of fused-ring (bicyclic) bond motifs is 1. The third-order valence-electron chi connectivity index (χ3n) is 4.64. The van der Waals surface area contributed by atoms with Gasteiger partial charge in [0.05, 0.1) is 6.54 Å². The first kappa shape index (κ1) is 18.3. The van der Waals surface area contributed by atoms with Gasteiger partial charge in [0, 0.05) is 29.8 Å². The van der Waals surface area contributed by atoms with Crippen molar-refractivity contribution in [3.8, 4) is 11.5 Å². The average molecular weight is 391 g/mol. The number of hydrogen-bond acceptors (Lipinski definition) is 4. The zero-order valence-electron chi connectivity index (χ0n) is 15.8. The number of benzene rings is 2. The number of aryl methyl sites for hydroxylation is 2. The highest BCUT2D eigenvalue weighted by Crippen LogP contribution is 2.36. The first-order valence-corrected chi connectivity index (χ1v) is 9.45. The Morgan fingerprint density at radius 1 is 1.04 bits per heavy atom. The number of nitrogens with one attached hydrogen (secondary N) is 1. The average Bonchev–Trinajstić information content (AvgIpc) is 3.17. The Balaban J connectivity index is 1.66. The molecule has 1 aromatic heterocycles. The molecule has 2 heterocycles. The molecule has 0 saturated heterocycles. The Kier molecular flexibility index (Phi) is 5.12. The van der Waals surface area contributed by atoms with Crippen molar-refractivity contribution in [3.63, 3.8) is 0 Å². The molecule has 0 radical (unpaired) electrons. The minimum absolute atomic E-state index is 0.244. The molecule has 0 fully saturated rings. The molecule has 4 rings (SSSR count). The molecule has 0 atom stereocenters. The summed E-state index contributed by atoms with van der Waals surface area (Å²) in [7, 11) is 0. The van der Waals surface area contributed by atoms with E-state index in [0.29, 0.717) is 11.7 Å². The molecular formula is C22H21N3O2S. The van der Waals surface area contributed by atoms with E-state index in [-0.39, 0.29) is 6.79 Å². The maximum atomic E-state index is 5.80. The lowest BCUT2D eigenvalue weighted by Gasteiger charge is -2.27. The monoisotopic (exact) mass is 391 g/mol. The highest BCUT2D eigenvalue weighted by molar-refractivity contribution is 7.80. The predicted octanol–water partition coefficient (Wildman–Crippen LogP) is 4.83. The van der Waals surface area contributed by atoms with Gasteiger partial charge in [-0.1, -0.05) is 12.1 Å². The lowest BCUT2D eigenvalue weighted by Crippen LogP contribution is -2.34. The van der Waals surface area contributed by atoms with E-state index in [4.69, 9.17) is 21.7 Å². The van der Waals surface area contributed by atoms with E-state index < -0.39 is 0 Å². The summed E-state index contributed by atoms with van der Waals surface area (Å²) in [5.74, 6) is 1.48. The van der Waals surface area contributed by atoms with Crippen molar-refractivity contribution < 1.29 is 9.47 Å². The van der Waals surface area contributed by atoms with Gasteiger partial charge in [-0.05, 0) is 73.1 Å². The molecule has 28 heavy (non-hydrogen) atoms. The summed E-state index contributed by atoms with van der Waals surface area (Å²) in [5, 5.41) is 4.02. The lowest BCUT2D eigenvalue weighted by molar-refractivity contribution is 0.174. The van der Waals surface area contributed by atoms with Crippen molar-refractivity contribution >= 4 is 28.7 Å². The number of rotatable bonds is 4. The summed E-state index contributed by atoms with van der Waals surface area (Å²) in [6.07, 6.45) is 3.57. The van der Waals surface area contributed by atoms with Gasteiger partial charge in [-0.25, -0.2) is 0 Å².